The fourth-order valence-corrected chi connectivity index (χ4v) is 1.40. The van der Waals surface area contributed by atoms with Crippen LogP contribution in [-0.4, -0.2) is 13.2 Å². The maximum Gasteiger partial charge on any atom is 0.407 e. The Bertz CT molecular complexity index is 348. The number of halogens is 1. The topological polar surface area (TPSA) is 38.3 Å². The fourth-order valence-electron chi connectivity index (χ4n) is 1.13. The monoisotopic (exact) mass is 269 g/mol. The van der Waals surface area contributed by atoms with E-state index >= 15 is 0 Å². The second-order valence-corrected chi connectivity index (χ2v) is 3.82. The zero-order chi connectivity index (χ0) is 11.3. The molecule has 80 valence electrons. The van der Waals surface area contributed by atoms with Crippen LogP contribution < -0.4 is 5.32 Å². The first kappa shape index (κ1) is 11.8. The third-order valence-electron chi connectivity index (χ3n) is 1.92. The number of nitrogens with one attached hydrogen (secondary N) is 1. The molecule has 0 heterocycles. The van der Waals surface area contributed by atoms with E-state index in [4.69, 9.17) is 0 Å². The molecule has 4 heteroatoms. The molecule has 0 aliphatic rings. The molecule has 1 amide bonds. The number of alkyl carbamates (subject to hydrolysis) is 1. The molecule has 1 atom stereocenters. The summed E-state index contributed by atoms with van der Waals surface area (Å²) in [6.07, 6.45) is 1.18. The van der Waals surface area contributed by atoms with E-state index in [2.05, 4.69) is 32.6 Å². The van der Waals surface area contributed by atoms with Gasteiger partial charge < -0.3 is 10.1 Å². The first-order chi connectivity index (χ1) is 7.17. The van der Waals surface area contributed by atoms with Gasteiger partial charge in [-0.15, -0.1) is 6.58 Å². The van der Waals surface area contributed by atoms with Crippen LogP contribution in [0.1, 0.15) is 11.6 Å². The summed E-state index contributed by atoms with van der Waals surface area (Å²) in [4.78, 5) is 11.0. The van der Waals surface area contributed by atoms with Crippen molar-refractivity contribution in [3.63, 3.8) is 0 Å². The molecule has 0 aromatic heterocycles. The zero-order valence-electron chi connectivity index (χ0n) is 8.37. The summed E-state index contributed by atoms with van der Waals surface area (Å²) in [7, 11) is 1.33. The molecule has 15 heavy (non-hydrogen) atoms. The Labute approximate surface area is 97.3 Å². The maximum absolute atomic E-state index is 11.0. The molecular formula is C11H12BrNO2. The Balaban J connectivity index is 2.78. The predicted molar refractivity (Wildman–Crippen MR) is 62.6 cm³/mol. The minimum Gasteiger partial charge on any atom is -0.453 e. The van der Waals surface area contributed by atoms with Crippen molar-refractivity contribution in [1.29, 1.82) is 0 Å². The van der Waals surface area contributed by atoms with Crippen molar-refractivity contribution in [2.75, 3.05) is 7.11 Å². The zero-order valence-corrected chi connectivity index (χ0v) is 9.95. The number of hydrogen-bond donors (Lipinski definition) is 1. The molecule has 3 nitrogen and oxygen atoms in total. The Morgan fingerprint density at radius 3 is 2.60 bits per heavy atom. The van der Waals surface area contributed by atoms with Crippen molar-refractivity contribution in [1.82, 2.24) is 5.32 Å². The summed E-state index contributed by atoms with van der Waals surface area (Å²) >= 11 is 3.34. The van der Waals surface area contributed by atoms with E-state index in [1.54, 1.807) is 6.08 Å². The lowest BCUT2D eigenvalue weighted by Crippen LogP contribution is -2.26. The summed E-state index contributed by atoms with van der Waals surface area (Å²) in [6.45, 7) is 3.67. The lowest BCUT2D eigenvalue weighted by atomic mass is 10.1. The highest BCUT2D eigenvalue weighted by molar-refractivity contribution is 9.10. The van der Waals surface area contributed by atoms with Crippen molar-refractivity contribution in [2.24, 2.45) is 0 Å². The van der Waals surface area contributed by atoms with Gasteiger partial charge in [0.15, 0.2) is 0 Å². The van der Waals surface area contributed by atoms with E-state index < -0.39 is 6.09 Å². The van der Waals surface area contributed by atoms with Crippen LogP contribution in [0.3, 0.4) is 0 Å². The van der Waals surface area contributed by atoms with Crippen LogP contribution in [-0.2, 0) is 4.74 Å². The normalized spacial score (nSPS) is 11.6. The number of carbonyl (C=O) groups excluding carboxylic acids is 1. The van der Waals surface area contributed by atoms with Gasteiger partial charge in [0.05, 0.1) is 13.2 Å². The molecule has 0 saturated carbocycles. The van der Waals surface area contributed by atoms with E-state index in [9.17, 15) is 4.79 Å². The molecule has 1 rings (SSSR count). The third-order valence-corrected chi connectivity index (χ3v) is 2.45. The van der Waals surface area contributed by atoms with Crippen molar-refractivity contribution in [3.05, 3.63) is 47.0 Å². The average molecular weight is 270 g/mol. The van der Waals surface area contributed by atoms with Crippen LogP contribution in [0.2, 0.25) is 0 Å². The van der Waals surface area contributed by atoms with Gasteiger partial charge in [0.2, 0.25) is 0 Å². The second kappa shape index (κ2) is 5.56. The molecule has 1 N–H and O–H groups in total. The van der Waals surface area contributed by atoms with Gasteiger partial charge in [0.25, 0.3) is 0 Å². The highest BCUT2D eigenvalue weighted by atomic mass is 79.9. The summed E-state index contributed by atoms with van der Waals surface area (Å²) in [5.74, 6) is 0. The van der Waals surface area contributed by atoms with E-state index in [1.807, 2.05) is 24.3 Å². The first-order valence-electron chi connectivity index (χ1n) is 4.40. The number of carbonyl (C=O) groups is 1. The number of amides is 1. The summed E-state index contributed by atoms with van der Waals surface area (Å²) in [5.41, 5.74) is 0.957. The van der Waals surface area contributed by atoms with Gasteiger partial charge in [0.1, 0.15) is 0 Å². The quantitative estimate of drug-likeness (QED) is 0.857. The van der Waals surface area contributed by atoms with Gasteiger partial charge in [-0.2, -0.15) is 0 Å². The summed E-state index contributed by atoms with van der Waals surface area (Å²) < 4.78 is 5.51. The average Bonchev–Trinajstić information content (AvgIpc) is 2.27. The van der Waals surface area contributed by atoms with Gasteiger partial charge in [-0.1, -0.05) is 34.1 Å². The molecule has 0 fully saturated rings. The third kappa shape index (κ3) is 3.40. The highest BCUT2D eigenvalue weighted by Gasteiger charge is 2.10. The lowest BCUT2D eigenvalue weighted by Gasteiger charge is -2.14. The standard InChI is InChI=1S/C11H12BrNO2/c1-3-10(13-11(14)15-2)8-4-6-9(12)7-5-8/h3-7,10H,1H2,2H3,(H,13,14). The summed E-state index contributed by atoms with van der Waals surface area (Å²) in [6, 6.07) is 7.40. The van der Waals surface area contributed by atoms with E-state index in [-0.39, 0.29) is 6.04 Å². The maximum atomic E-state index is 11.0. The molecule has 0 aliphatic carbocycles. The van der Waals surface area contributed by atoms with Crippen molar-refractivity contribution >= 4 is 22.0 Å². The van der Waals surface area contributed by atoms with E-state index in [0.717, 1.165) is 10.0 Å². The molecule has 1 aromatic rings. The molecule has 0 radical (unpaired) electrons. The number of hydrogen-bond acceptors (Lipinski definition) is 2. The molecule has 0 saturated heterocycles. The van der Waals surface area contributed by atoms with Gasteiger partial charge in [-0.25, -0.2) is 4.79 Å². The Morgan fingerprint density at radius 1 is 1.53 bits per heavy atom. The smallest absolute Gasteiger partial charge is 0.407 e. The molecule has 0 bridgehead atoms. The van der Waals surface area contributed by atoms with Crippen LogP contribution in [0.15, 0.2) is 41.4 Å². The molecule has 0 spiro atoms. The lowest BCUT2D eigenvalue weighted by molar-refractivity contribution is 0.168. The minimum absolute atomic E-state index is 0.231. The second-order valence-electron chi connectivity index (χ2n) is 2.90. The van der Waals surface area contributed by atoms with Crippen molar-refractivity contribution in [3.8, 4) is 0 Å². The minimum atomic E-state index is -0.470. The summed E-state index contributed by atoms with van der Waals surface area (Å²) in [5, 5.41) is 2.66. The van der Waals surface area contributed by atoms with E-state index in [1.165, 1.54) is 7.11 Å². The van der Waals surface area contributed by atoms with E-state index in [0.29, 0.717) is 0 Å². The van der Waals surface area contributed by atoms with Crippen molar-refractivity contribution in [2.45, 2.75) is 6.04 Å². The Hall–Kier alpha value is -1.29. The van der Waals surface area contributed by atoms with Crippen LogP contribution in [0, 0.1) is 0 Å². The number of benzene rings is 1. The largest absolute Gasteiger partial charge is 0.453 e. The molecule has 1 aromatic carbocycles. The van der Waals surface area contributed by atoms with Gasteiger partial charge in [-0.3, -0.25) is 0 Å². The number of methoxy groups -OCH3 is 1. The SMILES string of the molecule is C=CC(NC(=O)OC)c1ccc(Br)cc1. The van der Waals surface area contributed by atoms with Crippen LogP contribution in [0.4, 0.5) is 4.79 Å². The van der Waals surface area contributed by atoms with Gasteiger partial charge in [-0.05, 0) is 17.7 Å². The molecule has 0 aliphatic heterocycles. The molecule has 1 unspecified atom stereocenters. The van der Waals surface area contributed by atoms with Crippen LogP contribution in [0.5, 0.6) is 0 Å². The van der Waals surface area contributed by atoms with Gasteiger partial charge >= 0.3 is 6.09 Å². The Kier molecular flexibility index (Phi) is 4.37. The van der Waals surface area contributed by atoms with Gasteiger partial charge in [0, 0.05) is 4.47 Å². The first-order valence-corrected chi connectivity index (χ1v) is 5.19. The Morgan fingerprint density at radius 2 is 2.13 bits per heavy atom. The van der Waals surface area contributed by atoms with Crippen LogP contribution >= 0.6 is 15.9 Å². The number of ether oxygens (including phenoxy) is 1. The molecular weight excluding hydrogens is 258 g/mol. The van der Waals surface area contributed by atoms with Crippen molar-refractivity contribution < 1.29 is 9.53 Å². The number of rotatable bonds is 3. The van der Waals surface area contributed by atoms with Crippen LogP contribution in [0.25, 0.3) is 0 Å². The highest BCUT2D eigenvalue weighted by Crippen LogP contribution is 2.17. The predicted octanol–water partition coefficient (Wildman–Crippen LogP) is 3.03. The fraction of sp³-hybridized carbons (Fsp3) is 0.182.